The lowest BCUT2D eigenvalue weighted by atomic mass is 9.52. The van der Waals surface area contributed by atoms with Crippen LogP contribution in [0.15, 0.2) is 46.1 Å². The fourth-order valence-corrected chi connectivity index (χ4v) is 7.19. The van der Waals surface area contributed by atoms with E-state index in [4.69, 9.17) is 0 Å². The molecule has 0 N–H and O–H groups in total. The monoisotopic (exact) mass is 436 g/mol. The summed E-state index contributed by atoms with van der Waals surface area (Å²) in [5, 5.41) is 0. The summed E-state index contributed by atoms with van der Waals surface area (Å²) in [6.07, 6.45) is 15.5. The van der Waals surface area contributed by atoms with E-state index >= 15 is 0 Å². The zero-order valence-corrected chi connectivity index (χ0v) is 23.6. The van der Waals surface area contributed by atoms with Gasteiger partial charge in [-0.05, 0) is 77.2 Å². The number of rotatable bonds is 0. The molecule has 0 saturated heterocycles. The molecule has 1 spiro atoms. The van der Waals surface area contributed by atoms with E-state index in [0.717, 1.165) is 0 Å². The Kier molecular flexibility index (Phi) is 6.41. The zero-order chi connectivity index (χ0) is 24.3. The van der Waals surface area contributed by atoms with Gasteiger partial charge in [-0.2, -0.15) is 0 Å². The molecule has 0 bridgehead atoms. The second-order valence-electron chi connectivity index (χ2n) is 15.4. The van der Waals surface area contributed by atoms with Crippen molar-refractivity contribution in [2.45, 2.75) is 122 Å². The molecule has 3 aliphatic carbocycles. The van der Waals surface area contributed by atoms with E-state index in [1.165, 1.54) is 38.5 Å². The average Bonchev–Trinajstić information content (AvgIpc) is 3.06. The molecule has 0 aromatic rings. The number of hydrogen-bond donors (Lipinski definition) is 0. The highest BCUT2D eigenvalue weighted by molar-refractivity contribution is 5.52. The maximum atomic E-state index is 2.67. The predicted octanol–water partition coefficient (Wildman–Crippen LogP) is 10.2. The molecule has 32 heavy (non-hydrogen) atoms. The summed E-state index contributed by atoms with van der Waals surface area (Å²) < 4.78 is 0. The standard InChI is InChI=1S/C32H52/c1-28(2,3)19-22-13-16-26-25(22)17-18-32(27(26)31(10,11)12)23(20-29(4,5)6)14-15-24(32)21-30(7,8)9/h19-21,27H,13-18H2,1-12H3/b22-19+,23-20+,24-21?. The normalized spacial score (nSPS) is 31.5. The van der Waals surface area contributed by atoms with Gasteiger partial charge in [0.25, 0.3) is 0 Å². The van der Waals surface area contributed by atoms with Crippen LogP contribution in [0.4, 0.5) is 0 Å². The molecule has 0 radical (unpaired) electrons. The van der Waals surface area contributed by atoms with Crippen LogP contribution in [0.25, 0.3) is 0 Å². The molecule has 2 unspecified atom stereocenters. The van der Waals surface area contributed by atoms with Gasteiger partial charge < -0.3 is 0 Å². The molecule has 0 nitrogen and oxygen atoms in total. The number of allylic oxidation sites excluding steroid dienone is 8. The molecule has 3 rings (SSSR count). The first-order valence-electron chi connectivity index (χ1n) is 13.2. The van der Waals surface area contributed by atoms with Crippen molar-refractivity contribution in [2.24, 2.45) is 33.0 Å². The van der Waals surface area contributed by atoms with Crippen LogP contribution >= 0.6 is 0 Å². The Morgan fingerprint density at radius 3 is 1.47 bits per heavy atom. The van der Waals surface area contributed by atoms with Gasteiger partial charge in [-0.3, -0.25) is 0 Å². The largest absolute Gasteiger partial charge is 0.0790 e. The average molecular weight is 437 g/mol. The van der Waals surface area contributed by atoms with Crippen LogP contribution < -0.4 is 0 Å². The highest BCUT2D eigenvalue weighted by atomic mass is 14.6. The van der Waals surface area contributed by atoms with Gasteiger partial charge in [-0.25, -0.2) is 0 Å². The Morgan fingerprint density at radius 2 is 1.06 bits per heavy atom. The first-order valence-corrected chi connectivity index (χ1v) is 13.2. The third-order valence-electron chi connectivity index (χ3n) is 7.55. The Hall–Kier alpha value is -1.04. The molecule has 1 saturated carbocycles. The first kappa shape index (κ1) is 25.6. The van der Waals surface area contributed by atoms with E-state index in [0.29, 0.717) is 5.92 Å². The Morgan fingerprint density at radius 1 is 0.594 bits per heavy atom. The first-order chi connectivity index (χ1) is 14.3. The molecule has 3 aliphatic rings. The van der Waals surface area contributed by atoms with E-state index in [-0.39, 0.29) is 27.1 Å². The summed E-state index contributed by atoms with van der Waals surface area (Å²) in [5.41, 5.74) is 9.88. The minimum atomic E-state index is 0.217. The third-order valence-corrected chi connectivity index (χ3v) is 7.55. The molecule has 0 heteroatoms. The molecule has 0 heterocycles. The summed E-state index contributed by atoms with van der Waals surface area (Å²) in [5.74, 6) is 0.606. The fourth-order valence-electron chi connectivity index (χ4n) is 7.19. The van der Waals surface area contributed by atoms with Gasteiger partial charge in [-0.15, -0.1) is 0 Å². The van der Waals surface area contributed by atoms with Crippen molar-refractivity contribution in [1.82, 2.24) is 0 Å². The molecule has 2 atom stereocenters. The van der Waals surface area contributed by atoms with Crippen molar-refractivity contribution >= 4 is 0 Å². The molecule has 1 fully saturated rings. The Balaban J connectivity index is 2.28. The SMILES string of the molecule is CC(C)(C)C=C1CC/C(=C\C(C)(C)C)C12CCC1=C(CC/C1=C\C(C)(C)C)C2C(C)(C)C. The third kappa shape index (κ3) is 5.20. The van der Waals surface area contributed by atoms with E-state index in [2.05, 4.69) is 101 Å². The zero-order valence-electron chi connectivity index (χ0n) is 23.6. The topological polar surface area (TPSA) is 0 Å². The van der Waals surface area contributed by atoms with Gasteiger partial charge in [0, 0.05) is 5.41 Å². The molecule has 0 aliphatic heterocycles. The van der Waals surface area contributed by atoms with Crippen molar-refractivity contribution < 1.29 is 0 Å². The van der Waals surface area contributed by atoms with E-state index in [9.17, 15) is 0 Å². The molecule has 0 aromatic heterocycles. The minimum Gasteiger partial charge on any atom is -0.0790 e. The Bertz CT molecular complexity index is 821. The predicted molar refractivity (Wildman–Crippen MR) is 143 cm³/mol. The molecule has 180 valence electrons. The van der Waals surface area contributed by atoms with Crippen molar-refractivity contribution in [3.63, 3.8) is 0 Å². The van der Waals surface area contributed by atoms with E-state index < -0.39 is 0 Å². The fraction of sp³-hybridized carbons (Fsp3) is 0.750. The summed E-state index contributed by atoms with van der Waals surface area (Å²) in [4.78, 5) is 0. The molecule has 0 amide bonds. The van der Waals surface area contributed by atoms with E-state index in [1.54, 1.807) is 27.9 Å². The van der Waals surface area contributed by atoms with Crippen LogP contribution in [-0.2, 0) is 0 Å². The summed E-state index contributed by atoms with van der Waals surface area (Å²) in [6.45, 7) is 28.9. The van der Waals surface area contributed by atoms with Crippen molar-refractivity contribution in [1.29, 1.82) is 0 Å². The van der Waals surface area contributed by atoms with Crippen LogP contribution in [-0.4, -0.2) is 0 Å². The van der Waals surface area contributed by atoms with Crippen molar-refractivity contribution in [3.8, 4) is 0 Å². The number of hydrogen-bond acceptors (Lipinski definition) is 0. The van der Waals surface area contributed by atoms with Gasteiger partial charge in [0.05, 0.1) is 0 Å². The van der Waals surface area contributed by atoms with Crippen LogP contribution in [0.3, 0.4) is 0 Å². The Labute approximate surface area is 200 Å². The maximum Gasteiger partial charge on any atom is 0.0195 e. The van der Waals surface area contributed by atoms with Gasteiger partial charge >= 0.3 is 0 Å². The smallest absolute Gasteiger partial charge is 0.0195 e. The molecular formula is C32H52. The summed E-state index contributed by atoms with van der Waals surface area (Å²) in [7, 11) is 0. The van der Waals surface area contributed by atoms with Crippen LogP contribution in [0.1, 0.15) is 122 Å². The van der Waals surface area contributed by atoms with Gasteiger partial charge in [0.15, 0.2) is 0 Å². The van der Waals surface area contributed by atoms with Crippen LogP contribution in [0, 0.1) is 33.0 Å². The van der Waals surface area contributed by atoms with Gasteiger partial charge in [0.1, 0.15) is 0 Å². The highest BCUT2D eigenvalue weighted by Crippen LogP contribution is 2.67. The van der Waals surface area contributed by atoms with Crippen LogP contribution in [0.2, 0.25) is 0 Å². The van der Waals surface area contributed by atoms with Crippen molar-refractivity contribution in [2.75, 3.05) is 0 Å². The van der Waals surface area contributed by atoms with Gasteiger partial charge in [0.2, 0.25) is 0 Å². The van der Waals surface area contributed by atoms with E-state index in [1.807, 2.05) is 0 Å². The summed E-state index contributed by atoms with van der Waals surface area (Å²) >= 11 is 0. The van der Waals surface area contributed by atoms with Crippen molar-refractivity contribution in [3.05, 3.63) is 46.1 Å². The summed E-state index contributed by atoms with van der Waals surface area (Å²) in [6, 6.07) is 0. The second kappa shape index (κ2) is 8.02. The lowest BCUT2D eigenvalue weighted by Gasteiger charge is -2.52. The quantitative estimate of drug-likeness (QED) is 0.331. The minimum absolute atomic E-state index is 0.217. The van der Waals surface area contributed by atoms with Crippen LogP contribution in [0.5, 0.6) is 0 Å². The molecule has 0 aromatic carbocycles. The molecular weight excluding hydrogens is 384 g/mol. The highest BCUT2D eigenvalue weighted by Gasteiger charge is 2.56. The second-order valence-corrected chi connectivity index (χ2v) is 15.4. The lowest BCUT2D eigenvalue weighted by molar-refractivity contribution is 0.132. The maximum absolute atomic E-state index is 2.67. The lowest BCUT2D eigenvalue weighted by Crippen LogP contribution is -2.43. The van der Waals surface area contributed by atoms with Gasteiger partial charge in [-0.1, -0.05) is 118 Å².